The molecule has 0 saturated carbocycles. The summed E-state index contributed by atoms with van der Waals surface area (Å²) in [4.78, 5) is 2.08. The van der Waals surface area contributed by atoms with E-state index in [-0.39, 0.29) is 11.5 Å². The molecule has 0 aliphatic carbocycles. The molecule has 106 valence electrons. The first-order chi connectivity index (χ1) is 8.70. The summed E-state index contributed by atoms with van der Waals surface area (Å²) in [6.45, 7) is 4.10. The van der Waals surface area contributed by atoms with Crippen LogP contribution >= 0.6 is 23.5 Å². The first-order valence-corrected chi connectivity index (χ1v) is 7.66. The summed E-state index contributed by atoms with van der Waals surface area (Å²) in [5.41, 5.74) is 8.80. The lowest BCUT2D eigenvalue weighted by molar-refractivity contribution is 0.0727. The third kappa shape index (κ3) is 3.93. The molecular weight excluding hydrogens is 277 g/mol. The van der Waals surface area contributed by atoms with Crippen molar-refractivity contribution >= 4 is 23.5 Å². The molecule has 3 N–H and O–H groups in total. The molecule has 0 radical (unpaired) electrons. The number of nitrogens with two attached hydrogens (primary N) is 1. The van der Waals surface area contributed by atoms with Crippen LogP contribution in [0.15, 0.2) is 0 Å². The lowest BCUT2D eigenvalue weighted by Gasteiger charge is -2.40. The number of hydrazine groups is 1. The van der Waals surface area contributed by atoms with E-state index in [4.69, 9.17) is 17.3 Å². The van der Waals surface area contributed by atoms with Gasteiger partial charge in [-0.05, 0) is 37.8 Å². The fraction of sp³-hybridized carbons (Fsp3) is 1.00. The van der Waals surface area contributed by atoms with E-state index in [0.717, 1.165) is 44.4 Å². The average molecular weight is 298 g/mol. The second-order valence-corrected chi connectivity index (χ2v) is 6.38. The minimum atomic E-state index is -0.355. The summed E-state index contributed by atoms with van der Waals surface area (Å²) < 4.78 is 13.5. The van der Waals surface area contributed by atoms with Gasteiger partial charge in [-0.3, -0.25) is 10.3 Å². The fourth-order valence-corrected chi connectivity index (χ4v) is 3.23. The number of alkyl halides is 1. The normalized spacial score (nSPS) is 30.8. The van der Waals surface area contributed by atoms with Crippen LogP contribution in [0.2, 0.25) is 0 Å². The Hall–Kier alpha value is 0.370. The number of nitrogens with zero attached hydrogens (tertiary/aromatic N) is 3. The van der Waals surface area contributed by atoms with Crippen molar-refractivity contribution in [1.29, 1.82) is 0 Å². The van der Waals surface area contributed by atoms with E-state index in [2.05, 4.69) is 10.3 Å². The largest absolute Gasteiger partial charge is 0.329 e. The van der Waals surface area contributed by atoms with Crippen molar-refractivity contribution in [2.24, 2.45) is 5.73 Å². The quantitative estimate of drug-likeness (QED) is 0.240. The Kier molecular flexibility index (Phi) is 5.94. The lowest BCUT2D eigenvalue weighted by atomic mass is 10.0. The van der Waals surface area contributed by atoms with E-state index in [9.17, 15) is 4.48 Å². The molecule has 1 unspecified atom stereocenters. The van der Waals surface area contributed by atoms with E-state index < -0.39 is 0 Å². The zero-order valence-electron chi connectivity index (χ0n) is 10.4. The van der Waals surface area contributed by atoms with E-state index in [0.29, 0.717) is 10.6 Å². The number of likely N-dealkylation sites (tertiary alicyclic amines) is 1. The van der Waals surface area contributed by atoms with Crippen LogP contribution in [-0.4, -0.2) is 58.2 Å². The number of halogens is 2. The van der Waals surface area contributed by atoms with Crippen LogP contribution in [0, 0.1) is 0 Å². The SMILES string of the molecule is NC[C@H]1CCN1CCCCNN1CN(F)SC1Cl. The second-order valence-electron chi connectivity index (χ2n) is 4.66. The Morgan fingerprint density at radius 2 is 2.28 bits per heavy atom. The summed E-state index contributed by atoms with van der Waals surface area (Å²) >= 11 is 6.92. The van der Waals surface area contributed by atoms with Gasteiger partial charge in [0, 0.05) is 25.7 Å². The van der Waals surface area contributed by atoms with Crippen molar-refractivity contribution in [3.8, 4) is 0 Å². The molecule has 18 heavy (non-hydrogen) atoms. The molecule has 5 nitrogen and oxygen atoms in total. The molecule has 0 aromatic heterocycles. The van der Waals surface area contributed by atoms with Crippen molar-refractivity contribution in [1.82, 2.24) is 19.9 Å². The van der Waals surface area contributed by atoms with Gasteiger partial charge in [0.15, 0.2) is 4.83 Å². The van der Waals surface area contributed by atoms with Gasteiger partial charge < -0.3 is 5.73 Å². The average Bonchev–Trinajstić information content (AvgIpc) is 2.61. The van der Waals surface area contributed by atoms with Gasteiger partial charge >= 0.3 is 0 Å². The molecule has 2 heterocycles. The number of rotatable bonds is 7. The van der Waals surface area contributed by atoms with Crippen LogP contribution in [0.3, 0.4) is 0 Å². The molecule has 0 spiro atoms. The van der Waals surface area contributed by atoms with Gasteiger partial charge in [0.1, 0.15) is 6.67 Å². The highest BCUT2D eigenvalue weighted by molar-refractivity contribution is 7.98. The Bertz CT molecular complexity index is 260. The van der Waals surface area contributed by atoms with Gasteiger partial charge in [-0.2, -0.15) is 5.01 Å². The summed E-state index contributed by atoms with van der Waals surface area (Å²) in [7, 11) is 0. The van der Waals surface area contributed by atoms with Crippen LogP contribution < -0.4 is 11.2 Å². The molecule has 0 bridgehead atoms. The Labute approximate surface area is 117 Å². The first kappa shape index (κ1) is 14.8. The van der Waals surface area contributed by atoms with Crippen molar-refractivity contribution in [2.45, 2.75) is 30.1 Å². The summed E-state index contributed by atoms with van der Waals surface area (Å²) in [5, 5.41) is 1.71. The standard InChI is InChI=1S/C10H21ClFN5S/c11-10-16(8-17(12)18-10)14-4-1-2-5-15-6-3-9(15)7-13/h9-10,14H,1-8,13H2/t9-,10?/m1/s1. The number of nitrogens with one attached hydrogen (secondary N) is 1. The highest BCUT2D eigenvalue weighted by Gasteiger charge is 2.30. The molecule has 0 aromatic carbocycles. The molecule has 2 rings (SSSR count). The van der Waals surface area contributed by atoms with Gasteiger partial charge in [-0.15, -0.1) is 4.48 Å². The molecule has 0 aromatic rings. The van der Waals surface area contributed by atoms with Crippen LogP contribution in [0.5, 0.6) is 0 Å². The molecule has 2 atom stereocenters. The van der Waals surface area contributed by atoms with Gasteiger partial charge in [0.25, 0.3) is 0 Å². The van der Waals surface area contributed by atoms with E-state index in [1.807, 2.05) is 0 Å². The first-order valence-electron chi connectivity index (χ1n) is 6.39. The van der Waals surface area contributed by atoms with Gasteiger partial charge in [-0.1, -0.05) is 16.1 Å². The van der Waals surface area contributed by atoms with Gasteiger partial charge in [-0.25, -0.2) is 0 Å². The summed E-state index contributed by atoms with van der Waals surface area (Å²) in [6.07, 6.45) is 3.43. The lowest BCUT2D eigenvalue weighted by Crippen LogP contribution is -2.51. The highest BCUT2D eigenvalue weighted by Crippen LogP contribution is 2.30. The molecule has 2 aliphatic rings. The highest BCUT2D eigenvalue weighted by atomic mass is 35.5. The van der Waals surface area contributed by atoms with Gasteiger partial charge in [0.05, 0.1) is 0 Å². The van der Waals surface area contributed by atoms with E-state index in [1.165, 1.54) is 13.0 Å². The van der Waals surface area contributed by atoms with Crippen molar-refractivity contribution < 1.29 is 4.48 Å². The maximum absolute atomic E-state index is 12.9. The zero-order valence-corrected chi connectivity index (χ0v) is 12.0. The third-order valence-corrected chi connectivity index (χ3v) is 4.68. The molecule has 0 amide bonds. The molecule has 2 fully saturated rings. The van der Waals surface area contributed by atoms with Crippen molar-refractivity contribution in [2.75, 3.05) is 32.8 Å². The predicted molar refractivity (Wildman–Crippen MR) is 73.2 cm³/mol. The minimum absolute atomic E-state index is 0.209. The maximum atomic E-state index is 12.9. The molecule has 2 saturated heterocycles. The number of hydrogen-bond acceptors (Lipinski definition) is 6. The fourth-order valence-electron chi connectivity index (χ4n) is 2.21. The monoisotopic (exact) mass is 297 g/mol. The molecular formula is C10H21ClFN5S. The van der Waals surface area contributed by atoms with E-state index >= 15 is 0 Å². The van der Waals surface area contributed by atoms with Crippen molar-refractivity contribution in [3.63, 3.8) is 0 Å². The Morgan fingerprint density at radius 1 is 1.44 bits per heavy atom. The van der Waals surface area contributed by atoms with Crippen molar-refractivity contribution in [3.05, 3.63) is 0 Å². The summed E-state index contributed by atoms with van der Waals surface area (Å²) in [5.74, 6) is 0. The Morgan fingerprint density at radius 3 is 2.83 bits per heavy atom. The van der Waals surface area contributed by atoms with Crippen LogP contribution in [-0.2, 0) is 0 Å². The van der Waals surface area contributed by atoms with E-state index in [1.54, 1.807) is 5.01 Å². The zero-order chi connectivity index (χ0) is 13.0. The second kappa shape index (κ2) is 7.23. The molecule has 2 aliphatic heterocycles. The predicted octanol–water partition coefficient (Wildman–Crippen LogP) is 0.934. The third-order valence-electron chi connectivity index (χ3n) is 3.43. The van der Waals surface area contributed by atoms with Gasteiger partial charge in [0.2, 0.25) is 0 Å². The van der Waals surface area contributed by atoms with Crippen LogP contribution in [0.1, 0.15) is 19.3 Å². The number of unbranched alkanes of at least 4 members (excludes halogenated alkanes) is 1. The Balaban J connectivity index is 1.49. The van der Waals surface area contributed by atoms with Crippen LogP contribution in [0.4, 0.5) is 4.48 Å². The summed E-state index contributed by atoms with van der Waals surface area (Å²) in [6, 6.07) is 0.597. The number of hydrogen-bond donors (Lipinski definition) is 2. The minimum Gasteiger partial charge on any atom is -0.329 e. The maximum Gasteiger partial charge on any atom is 0.162 e. The molecule has 8 heteroatoms. The topological polar surface area (TPSA) is 47.8 Å². The smallest absolute Gasteiger partial charge is 0.162 e. The van der Waals surface area contributed by atoms with Crippen LogP contribution in [0.25, 0.3) is 0 Å².